The van der Waals surface area contributed by atoms with Crippen molar-refractivity contribution in [1.29, 1.82) is 0 Å². The number of hydrogen-bond acceptors (Lipinski definition) is 4. The number of alkyl halides is 5. The lowest BCUT2D eigenvalue weighted by atomic mass is 10.2. The van der Waals surface area contributed by atoms with E-state index in [1.54, 1.807) is 0 Å². The van der Waals surface area contributed by atoms with Gasteiger partial charge >= 0.3 is 12.0 Å². The van der Waals surface area contributed by atoms with E-state index in [1.807, 2.05) is 0 Å². The van der Waals surface area contributed by atoms with Crippen LogP contribution in [0.15, 0.2) is 6.07 Å². The summed E-state index contributed by atoms with van der Waals surface area (Å²) in [6, 6.07) is 0.0243. The minimum atomic E-state index is -5.07. The molecule has 0 aliphatic heterocycles. The van der Waals surface area contributed by atoms with Crippen LogP contribution in [0.5, 0.6) is 5.75 Å². The number of aromatic nitrogens is 1. The monoisotopic (exact) mass is 272 g/mol. The fourth-order valence-corrected chi connectivity index (χ4v) is 1.18. The Labute approximate surface area is 96.3 Å². The van der Waals surface area contributed by atoms with Crippen molar-refractivity contribution in [2.75, 3.05) is 7.11 Å². The average molecular weight is 272 g/mol. The third-order valence-corrected chi connectivity index (χ3v) is 1.89. The molecule has 1 aromatic rings. The summed E-state index contributed by atoms with van der Waals surface area (Å²) in [4.78, 5) is 11.8. The maximum Gasteiger partial charge on any atom is 0.458 e. The van der Waals surface area contributed by atoms with Gasteiger partial charge in [-0.2, -0.15) is 13.2 Å². The molecule has 1 rings (SSSR count). The number of nitrogens with zero attached hydrogens (tertiary/aromatic N) is 2. The number of halogens is 5. The number of hydrogen-bond donors (Lipinski definition) is 0. The smallest absolute Gasteiger partial charge is 0.458 e. The van der Waals surface area contributed by atoms with Crippen molar-refractivity contribution in [1.82, 2.24) is 4.98 Å². The van der Waals surface area contributed by atoms with Crippen molar-refractivity contribution >= 4 is 5.82 Å². The Morgan fingerprint density at radius 3 is 2.33 bits per heavy atom. The van der Waals surface area contributed by atoms with Gasteiger partial charge in [-0.15, -0.1) is 0 Å². The van der Waals surface area contributed by atoms with Gasteiger partial charge in [0.15, 0.2) is 0 Å². The van der Waals surface area contributed by atoms with E-state index in [1.165, 1.54) is 0 Å². The Morgan fingerprint density at radius 1 is 1.44 bits per heavy atom. The van der Waals surface area contributed by atoms with E-state index in [9.17, 15) is 32.1 Å². The van der Waals surface area contributed by atoms with Crippen LogP contribution in [0.25, 0.3) is 0 Å². The average Bonchev–Trinajstić information content (AvgIpc) is 2.25. The SMILES string of the molecule is COc1c(C(F)F)cc(C(F)(F)F)nc1[N+](=O)[O-]. The summed E-state index contributed by atoms with van der Waals surface area (Å²) >= 11 is 0. The molecule has 0 saturated carbocycles. The normalized spacial score (nSPS) is 11.7. The maximum atomic E-state index is 12.5. The Morgan fingerprint density at radius 2 is 2.00 bits per heavy atom. The van der Waals surface area contributed by atoms with Crippen LogP contribution in [0.1, 0.15) is 17.7 Å². The van der Waals surface area contributed by atoms with Gasteiger partial charge < -0.3 is 14.9 Å². The lowest BCUT2D eigenvalue weighted by Gasteiger charge is -2.09. The lowest BCUT2D eigenvalue weighted by molar-refractivity contribution is -0.391. The van der Waals surface area contributed by atoms with Gasteiger partial charge in [0.05, 0.1) is 12.7 Å². The fraction of sp³-hybridized carbons (Fsp3) is 0.375. The second-order valence-corrected chi connectivity index (χ2v) is 3.01. The first-order valence-electron chi connectivity index (χ1n) is 4.27. The second-order valence-electron chi connectivity index (χ2n) is 3.01. The van der Waals surface area contributed by atoms with Crippen molar-refractivity contribution < 1.29 is 31.6 Å². The number of ether oxygens (including phenoxy) is 1. The van der Waals surface area contributed by atoms with Crippen molar-refractivity contribution in [3.63, 3.8) is 0 Å². The van der Waals surface area contributed by atoms with E-state index in [0.717, 1.165) is 7.11 Å². The predicted molar refractivity (Wildman–Crippen MR) is 47.4 cm³/mol. The summed E-state index contributed by atoms with van der Waals surface area (Å²) in [7, 11) is 0.823. The second kappa shape index (κ2) is 4.70. The van der Waals surface area contributed by atoms with Crippen LogP contribution < -0.4 is 4.74 Å². The Hall–Kier alpha value is -2.00. The first kappa shape index (κ1) is 14.1. The van der Waals surface area contributed by atoms with E-state index in [0.29, 0.717) is 0 Å². The molecule has 0 N–H and O–H groups in total. The van der Waals surface area contributed by atoms with Gasteiger partial charge in [-0.25, -0.2) is 8.78 Å². The van der Waals surface area contributed by atoms with Crippen LogP contribution in [0.3, 0.4) is 0 Å². The molecule has 1 aromatic heterocycles. The first-order valence-corrected chi connectivity index (χ1v) is 4.27. The summed E-state index contributed by atoms with van der Waals surface area (Å²) in [6.07, 6.45) is -8.43. The highest BCUT2D eigenvalue weighted by Gasteiger charge is 2.41. The molecule has 0 aromatic carbocycles. The van der Waals surface area contributed by atoms with Crippen LogP contribution in [0.4, 0.5) is 27.8 Å². The van der Waals surface area contributed by atoms with Gasteiger partial charge in [-0.3, -0.25) is 0 Å². The highest BCUT2D eigenvalue weighted by atomic mass is 19.4. The predicted octanol–water partition coefficient (Wildman–Crippen LogP) is 2.95. The van der Waals surface area contributed by atoms with Gasteiger partial charge in [-0.05, 0) is 9.91 Å². The molecule has 100 valence electrons. The summed E-state index contributed by atoms with van der Waals surface area (Å²) in [5.41, 5.74) is -3.00. The molecule has 10 heteroatoms. The number of nitro groups is 1. The van der Waals surface area contributed by atoms with Gasteiger partial charge in [0, 0.05) is 6.07 Å². The quantitative estimate of drug-likeness (QED) is 0.482. The highest BCUT2D eigenvalue weighted by Crippen LogP contribution is 2.39. The summed E-state index contributed by atoms with van der Waals surface area (Å²) in [5, 5.41) is 10.5. The summed E-state index contributed by atoms with van der Waals surface area (Å²) in [6.45, 7) is 0. The van der Waals surface area contributed by atoms with Crippen LogP contribution in [0.2, 0.25) is 0 Å². The molecule has 18 heavy (non-hydrogen) atoms. The van der Waals surface area contributed by atoms with Crippen LogP contribution >= 0.6 is 0 Å². The largest absolute Gasteiger partial charge is 0.489 e. The van der Waals surface area contributed by atoms with Crippen molar-refractivity contribution in [2.45, 2.75) is 12.6 Å². The summed E-state index contributed by atoms with van der Waals surface area (Å²) < 4.78 is 66.4. The molecule has 5 nitrogen and oxygen atoms in total. The zero-order valence-corrected chi connectivity index (χ0v) is 8.66. The third kappa shape index (κ3) is 2.63. The number of pyridine rings is 1. The molecule has 1 heterocycles. The molecule has 0 fully saturated rings. The molecule has 0 atom stereocenters. The maximum absolute atomic E-state index is 12.5. The molecular weight excluding hydrogens is 267 g/mol. The van der Waals surface area contributed by atoms with Crippen LogP contribution in [-0.4, -0.2) is 17.0 Å². The first-order chi connectivity index (χ1) is 8.18. The van der Waals surface area contributed by atoms with Crippen LogP contribution in [-0.2, 0) is 6.18 Å². The lowest BCUT2D eigenvalue weighted by Crippen LogP contribution is -2.12. The molecule has 0 aliphatic carbocycles. The number of rotatable bonds is 3. The fourth-order valence-electron chi connectivity index (χ4n) is 1.18. The minimum Gasteiger partial charge on any atom is -0.489 e. The molecule has 0 unspecified atom stereocenters. The topological polar surface area (TPSA) is 65.3 Å². The van der Waals surface area contributed by atoms with Crippen LogP contribution in [0, 0.1) is 10.1 Å². The van der Waals surface area contributed by atoms with Gasteiger partial charge in [0.2, 0.25) is 5.75 Å². The van der Waals surface area contributed by atoms with Crippen molar-refractivity contribution in [2.24, 2.45) is 0 Å². The molecule has 0 aliphatic rings. The van der Waals surface area contributed by atoms with Gasteiger partial charge in [-0.1, -0.05) is 0 Å². The third-order valence-electron chi connectivity index (χ3n) is 1.89. The Balaban J connectivity index is 3.59. The molecule has 0 spiro atoms. The number of methoxy groups -OCH3 is 1. The standard InChI is InChI=1S/C8H5F5N2O3/c1-18-5-3(6(9)10)2-4(8(11,12)13)14-7(5)15(16)17/h2,6H,1H3. The molecule has 0 radical (unpaired) electrons. The van der Waals surface area contributed by atoms with Gasteiger partial charge in [0.25, 0.3) is 12.1 Å². The van der Waals surface area contributed by atoms with E-state index < -0.39 is 40.3 Å². The zero-order valence-electron chi connectivity index (χ0n) is 8.66. The molecule has 0 saturated heterocycles. The zero-order chi connectivity index (χ0) is 14.1. The van der Waals surface area contributed by atoms with Gasteiger partial charge in [0.1, 0.15) is 0 Å². The molecule has 0 bridgehead atoms. The molecule has 0 amide bonds. The Kier molecular flexibility index (Phi) is 3.67. The van der Waals surface area contributed by atoms with E-state index in [2.05, 4.69) is 9.72 Å². The Bertz CT molecular complexity index is 475. The summed E-state index contributed by atoms with van der Waals surface area (Å²) in [5.74, 6) is -2.38. The van der Waals surface area contributed by atoms with E-state index in [-0.39, 0.29) is 6.07 Å². The van der Waals surface area contributed by atoms with Crippen molar-refractivity contribution in [3.05, 3.63) is 27.4 Å². The van der Waals surface area contributed by atoms with Crippen molar-refractivity contribution in [3.8, 4) is 5.75 Å². The highest BCUT2D eigenvalue weighted by molar-refractivity contribution is 5.48. The minimum absolute atomic E-state index is 0.0243. The molecular formula is C8H5F5N2O3. The van der Waals surface area contributed by atoms with E-state index in [4.69, 9.17) is 0 Å². The van der Waals surface area contributed by atoms with E-state index >= 15 is 0 Å².